The molecule has 0 saturated heterocycles. The van der Waals surface area contributed by atoms with Gasteiger partial charge in [0.15, 0.2) is 5.82 Å². The van der Waals surface area contributed by atoms with Gasteiger partial charge in [-0.15, -0.1) is 11.3 Å². The highest BCUT2D eigenvalue weighted by molar-refractivity contribution is 7.13. The van der Waals surface area contributed by atoms with E-state index < -0.39 is 0 Å². The molecule has 0 saturated carbocycles. The average Bonchev–Trinajstić information content (AvgIpc) is 3.32. The number of anilines is 1. The highest BCUT2D eigenvalue weighted by Gasteiger charge is 2.15. The maximum atomic E-state index is 5.25. The molecule has 4 rings (SSSR count). The zero-order valence-electron chi connectivity index (χ0n) is 13.7. The SMILES string of the molecule is COc1ccc2c(NC(C)c3nc(-c4cccs4)n[nH]3)ncnc2c1. The third kappa shape index (κ3) is 3.03. The molecule has 1 atom stereocenters. The molecule has 1 unspecified atom stereocenters. The molecule has 0 amide bonds. The maximum absolute atomic E-state index is 5.25. The van der Waals surface area contributed by atoms with Gasteiger partial charge >= 0.3 is 0 Å². The monoisotopic (exact) mass is 352 g/mol. The number of benzene rings is 1. The van der Waals surface area contributed by atoms with Crippen molar-refractivity contribution >= 4 is 28.1 Å². The molecule has 126 valence electrons. The molecule has 0 radical (unpaired) electrons. The van der Waals surface area contributed by atoms with Crippen molar-refractivity contribution in [3.8, 4) is 16.5 Å². The molecular weight excluding hydrogens is 336 g/mol. The van der Waals surface area contributed by atoms with E-state index in [4.69, 9.17) is 4.74 Å². The molecule has 3 heterocycles. The van der Waals surface area contributed by atoms with E-state index in [9.17, 15) is 0 Å². The lowest BCUT2D eigenvalue weighted by molar-refractivity contribution is 0.415. The number of methoxy groups -OCH3 is 1. The Morgan fingerprint density at radius 2 is 2.16 bits per heavy atom. The Morgan fingerprint density at radius 3 is 2.96 bits per heavy atom. The molecular formula is C17H16N6OS. The lowest BCUT2D eigenvalue weighted by Crippen LogP contribution is -2.10. The number of hydrogen-bond donors (Lipinski definition) is 2. The normalized spacial score (nSPS) is 12.2. The molecule has 3 aromatic heterocycles. The summed E-state index contributed by atoms with van der Waals surface area (Å²) in [5.41, 5.74) is 0.820. The minimum atomic E-state index is -0.0820. The molecule has 7 nitrogen and oxygen atoms in total. The van der Waals surface area contributed by atoms with Crippen molar-refractivity contribution in [1.29, 1.82) is 0 Å². The zero-order chi connectivity index (χ0) is 17.2. The van der Waals surface area contributed by atoms with Crippen LogP contribution in [0.25, 0.3) is 21.6 Å². The fraction of sp³-hybridized carbons (Fsp3) is 0.176. The van der Waals surface area contributed by atoms with Crippen molar-refractivity contribution in [2.45, 2.75) is 13.0 Å². The number of rotatable bonds is 5. The highest BCUT2D eigenvalue weighted by atomic mass is 32.1. The summed E-state index contributed by atoms with van der Waals surface area (Å²) in [7, 11) is 1.64. The Balaban J connectivity index is 1.60. The molecule has 4 aromatic rings. The molecule has 2 N–H and O–H groups in total. The van der Waals surface area contributed by atoms with Crippen LogP contribution >= 0.6 is 11.3 Å². The van der Waals surface area contributed by atoms with Crippen LogP contribution in [0.1, 0.15) is 18.8 Å². The number of aromatic nitrogens is 5. The molecule has 0 spiro atoms. The van der Waals surface area contributed by atoms with Crippen molar-refractivity contribution in [1.82, 2.24) is 25.1 Å². The van der Waals surface area contributed by atoms with Crippen LogP contribution in [0.3, 0.4) is 0 Å². The van der Waals surface area contributed by atoms with Crippen molar-refractivity contribution in [2.75, 3.05) is 12.4 Å². The number of hydrogen-bond acceptors (Lipinski definition) is 7. The van der Waals surface area contributed by atoms with Crippen molar-refractivity contribution in [3.05, 3.63) is 47.9 Å². The summed E-state index contributed by atoms with van der Waals surface area (Å²) in [5, 5.41) is 13.6. The van der Waals surface area contributed by atoms with Gasteiger partial charge in [0.25, 0.3) is 0 Å². The minimum absolute atomic E-state index is 0.0820. The molecule has 8 heteroatoms. The van der Waals surface area contributed by atoms with Gasteiger partial charge in [0.05, 0.1) is 23.5 Å². The van der Waals surface area contributed by atoms with E-state index in [-0.39, 0.29) is 6.04 Å². The lowest BCUT2D eigenvalue weighted by Gasteiger charge is -2.13. The predicted octanol–water partition coefficient (Wildman–Crippen LogP) is 3.66. The first-order chi connectivity index (χ1) is 12.2. The van der Waals surface area contributed by atoms with Crippen molar-refractivity contribution < 1.29 is 4.74 Å². The quantitative estimate of drug-likeness (QED) is 0.570. The smallest absolute Gasteiger partial charge is 0.191 e. The highest BCUT2D eigenvalue weighted by Crippen LogP contribution is 2.27. The minimum Gasteiger partial charge on any atom is -0.497 e. The maximum Gasteiger partial charge on any atom is 0.191 e. The summed E-state index contributed by atoms with van der Waals surface area (Å²) in [5.74, 6) is 2.97. The van der Waals surface area contributed by atoms with Crippen LogP contribution in [-0.4, -0.2) is 32.3 Å². The Bertz CT molecular complexity index is 997. The number of ether oxygens (including phenoxy) is 1. The largest absolute Gasteiger partial charge is 0.497 e. The van der Waals surface area contributed by atoms with E-state index >= 15 is 0 Å². The second kappa shape index (κ2) is 6.48. The van der Waals surface area contributed by atoms with Crippen LogP contribution in [0.4, 0.5) is 5.82 Å². The number of nitrogens with zero attached hydrogens (tertiary/aromatic N) is 4. The van der Waals surface area contributed by atoms with Crippen LogP contribution < -0.4 is 10.1 Å². The summed E-state index contributed by atoms with van der Waals surface area (Å²) in [6.07, 6.45) is 1.54. The van der Waals surface area contributed by atoms with Gasteiger partial charge in [0.1, 0.15) is 23.7 Å². The predicted molar refractivity (Wildman–Crippen MR) is 97.8 cm³/mol. The first kappa shape index (κ1) is 15.5. The topological polar surface area (TPSA) is 88.6 Å². The molecule has 25 heavy (non-hydrogen) atoms. The van der Waals surface area contributed by atoms with Gasteiger partial charge in [-0.2, -0.15) is 5.10 Å². The summed E-state index contributed by atoms with van der Waals surface area (Å²) < 4.78 is 5.25. The number of H-pyrrole nitrogens is 1. The van der Waals surface area contributed by atoms with Gasteiger partial charge in [-0.1, -0.05) is 6.07 Å². The van der Waals surface area contributed by atoms with Crippen LogP contribution in [0, 0.1) is 0 Å². The third-order valence-electron chi connectivity index (χ3n) is 3.85. The summed E-state index contributed by atoms with van der Waals surface area (Å²) in [6.45, 7) is 2.01. The zero-order valence-corrected chi connectivity index (χ0v) is 14.5. The second-order valence-electron chi connectivity index (χ2n) is 5.49. The van der Waals surface area contributed by atoms with Crippen LogP contribution in [0.15, 0.2) is 42.0 Å². The average molecular weight is 352 g/mol. The van der Waals surface area contributed by atoms with Crippen LogP contribution in [-0.2, 0) is 0 Å². The second-order valence-corrected chi connectivity index (χ2v) is 6.44. The first-order valence-electron chi connectivity index (χ1n) is 7.76. The van der Waals surface area contributed by atoms with Gasteiger partial charge in [-0.05, 0) is 30.5 Å². The molecule has 1 aromatic carbocycles. The van der Waals surface area contributed by atoms with E-state index in [2.05, 4.69) is 30.5 Å². The van der Waals surface area contributed by atoms with E-state index in [0.717, 1.165) is 33.2 Å². The number of aromatic amines is 1. The number of fused-ring (bicyclic) bond motifs is 1. The standard InChI is InChI=1S/C17H16N6OS/c1-10(15-21-17(23-22-15)14-4-3-7-25-14)20-16-12-6-5-11(24-2)8-13(12)18-9-19-16/h3-10H,1-2H3,(H,18,19,20)(H,21,22,23). The lowest BCUT2D eigenvalue weighted by atomic mass is 10.2. The van der Waals surface area contributed by atoms with Crippen LogP contribution in [0.5, 0.6) is 5.75 Å². The fourth-order valence-corrected chi connectivity index (χ4v) is 3.19. The molecule has 0 fully saturated rings. The van der Waals surface area contributed by atoms with Gasteiger partial charge in [0, 0.05) is 11.5 Å². The van der Waals surface area contributed by atoms with Crippen molar-refractivity contribution in [2.24, 2.45) is 0 Å². The van der Waals surface area contributed by atoms with E-state index in [1.165, 1.54) is 6.33 Å². The van der Waals surface area contributed by atoms with E-state index in [1.807, 2.05) is 42.6 Å². The van der Waals surface area contributed by atoms with E-state index in [0.29, 0.717) is 5.82 Å². The molecule has 0 aliphatic rings. The van der Waals surface area contributed by atoms with Gasteiger partial charge in [-0.3, -0.25) is 5.10 Å². The number of thiophene rings is 1. The Morgan fingerprint density at radius 1 is 1.24 bits per heavy atom. The van der Waals surface area contributed by atoms with Gasteiger partial charge in [-0.25, -0.2) is 15.0 Å². The van der Waals surface area contributed by atoms with Crippen molar-refractivity contribution in [3.63, 3.8) is 0 Å². The third-order valence-corrected chi connectivity index (χ3v) is 4.72. The van der Waals surface area contributed by atoms with E-state index in [1.54, 1.807) is 18.4 Å². The van der Waals surface area contributed by atoms with Gasteiger partial charge in [0.2, 0.25) is 0 Å². The molecule has 0 bridgehead atoms. The van der Waals surface area contributed by atoms with Crippen LogP contribution in [0.2, 0.25) is 0 Å². The Kier molecular flexibility index (Phi) is 4.02. The fourth-order valence-electron chi connectivity index (χ4n) is 2.54. The molecule has 0 aliphatic carbocycles. The summed E-state index contributed by atoms with van der Waals surface area (Å²) >= 11 is 1.61. The summed E-state index contributed by atoms with van der Waals surface area (Å²) in [6, 6.07) is 9.63. The summed E-state index contributed by atoms with van der Waals surface area (Å²) in [4.78, 5) is 14.3. The molecule has 0 aliphatic heterocycles. The Labute approximate surface area is 148 Å². The Hall–Kier alpha value is -3.00. The first-order valence-corrected chi connectivity index (χ1v) is 8.64. The number of nitrogens with one attached hydrogen (secondary N) is 2. The van der Waals surface area contributed by atoms with Gasteiger partial charge < -0.3 is 10.1 Å².